The zero-order chi connectivity index (χ0) is 12.5. The van der Waals surface area contributed by atoms with Crippen LogP contribution in [0.25, 0.3) is 17.0 Å². The summed E-state index contributed by atoms with van der Waals surface area (Å²) in [6.45, 7) is 0. The number of anilines is 1. The number of ether oxygens (including phenoxy) is 1. The van der Waals surface area contributed by atoms with E-state index in [9.17, 15) is 0 Å². The van der Waals surface area contributed by atoms with E-state index in [1.165, 1.54) is 0 Å². The number of nitrogen functional groups attached to an aromatic ring is 1. The number of nitrogens with two attached hydrogens (primary N) is 1. The third-order valence-corrected chi connectivity index (χ3v) is 2.62. The van der Waals surface area contributed by atoms with E-state index >= 15 is 0 Å². The summed E-state index contributed by atoms with van der Waals surface area (Å²) >= 11 is 0. The Hall–Kier alpha value is -2.63. The van der Waals surface area contributed by atoms with Gasteiger partial charge in [0.2, 0.25) is 5.95 Å². The molecule has 6 nitrogen and oxygen atoms in total. The number of methoxy groups -OCH3 is 1. The van der Waals surface area contributed by atoms with Crippen molar-refractivity contribution in [2.24, 2.45) is 0 Å². The summed E-state index contributed by atoms with van der Waals surface area (Å²) in [4.78, 5) is 8.41. The SMILES string of the molecule is COc1ccc(-c2nccc3nc(N)nn23)cc1. The quantitative estimate of drug-likeness (QED) is 0.733. The summed E-state index contributed by atoms with van der Waals surface area (Å²) in [6.07, 6.45) is 1.68. The Bertz CT molecular complexity index is 689. The lowest BCUT2D eigenvalue weighted by molar-refractivity contribution is 0.415. The fourth-order valence-electron chi connectivity index (χ4n) is 1.77. The maximum Gasteiger partial charge on any atom is 0.240 e. The second kappa shape index (κ2) is 3.99. The van der Waals surface area contributed by atoms with E-state index in [-0.39, 0.29) is 5.95 Å². The topological polar surface area (TPSA) is 78.3 Å². The minimum absolute atomic E-state index is 0.234. The van der Waals surface area contributed by atoms with Crippen molar-refractivity contribution < 1.29 is 4.74 Å². The van der Waals surface area contributed by atoms with Crippen molar-refractivity contribution in [1.82, 2.24) is 19.6 Å². The molecule has 18 heavy (non-hydrogen) atoms. The monoisotopic (exact) mass is 241 g/mol. The largest absolute Gasteiger partial charge is 0.497 e. The Labute approximate surface area is 103 Å². The van der Waals surface area contributed by atoms with Gasteiger partial charge in [-0.25, -0.2) is 4.98 Å². The zero-order valence-electron chi connectivity index (χ0n) is 9.74. The van der Waals surface area contributed by atoms with Gasteiger partial charge in [-0.05, 0) is 24.3 Å². The van der Waals surface area contributed by atoms with Crippen molar-refractivity contribution in [3.63, 3.8) is 0 Å². The predicted molar refractivity (Wildman–Crippen MR) is 67.2 cm³/mol. The molecule has 0 saturated carbocycles. The number of rotatable bonds is 2. The van der Waals surface area contributed by atoms with Crippen molar-refractivity contribution in [2.75, 3.05) is 12.8 Å². The van der Waals surface area contributed by atoms with Gasteiger partial charge in [-0.2, -0.15) is 9.50 Å². The van der Waals surface area contributed by atoms with Crippen molar-refractivity contribution in [3.05, 3.63) is 36.5 Å². The van der Waals surface area contributed by atoms with Crippen LogP contribution in [0.5, 0.6) is 5.75 Å². The van der Waals surface area contributed by atoms with Gasteiger partial charge >= 0.3 is 0 Å². The van der Waals surface area contributed by atoms with E-state index in [2.05, 4.69) is 15.1 Å². The van der Waals surface area contributed by atoms with Crippen LogP contribution >= 0.6 is 0 Å². The van der Waals surface area contributed by atoms with Gasteiger partial charge in [0.15, 0.2) is 11.5 Å². The van der Waals surface area contributed by atoms with E-state index in [0.29, 0.717) is 11.5 Å². The second-order valence-electron chi connectivity index (χ2n) is 3.74. The lowest BCUT2D eigenvalue weighted by Crippen LogP contribution is -1.97. The zero-order valence-corrected chi connectivity index (χ0v) is 9.74. The van der Waals surface area contributed by atoms with Crippen LogP contribution in [0.4, 0.5) is 5.95 Å². The van der Waals surface area contributed by atoms with Gasteiger partial charge in [-0.3, -0.25) is 0 Å². The first-order valence-corrected chi connectivity index (χ1v) is 5.39. The van der Waals surface area contributed by atoms with E-state index in [4.69, 9.17) is 10.5 Å². The molecule has 0 aliphatic heterocycles. The molecule has 0 aliphatic carbocycles. The molecule has 1 aromatic carbocycles. The maximum absolute atomic E-state index is 5.59. The Morgan fingerprint density at radius 1 is 1.17 bits per heavy atom. The summed E-state index contributed by atoms with van der Waals surface area (Å²) in [6, 6.07) is 9.33. The number of hydrogen-bond acceptors (Lipinski definition) is 5. The number of benzene rings is 1. The molecule has 0 aliphatic rings. The maximum atomic E-state index is 5.59. The highest BCUT2D eigenvalue weighted by atomic mass is 16.5. The van der Waals surface area contributed by atoms with Gasteiger partial charge in [-0.1, -0.05) is 0 Å². The third-order valence-electron chi connectivity index (χ3n) is 2.62. The third kappa shape index (κ3) is 1.64. The molecule has 0 unspecified atom stereocenters. The molecule has 90 valence electrons. The van der Waals surface area contributed by atoms with Crippen LogP contribution in [0.2, 0.25) is 0 Å². The summed E-state index contributed by atoms with van der Waals surface area (Å²) < 4.78 is 6.74. The Morgan fingerprint density at radius 2 is 1.94 bits per heavy atom. The standard InChI is InChI=1S/C12H11N5O/c1-18-9-4-2-8(3-5-9)11-14-7-6-10-15-12(13)16-17(10)11/h2-7H,1H3,(H2,13,16). The molecule has 0 fully saturated rings. The molecule has 0 amide bonds. The van der Waals surface area contributed by atoms with E-state index < -0.39 is 0 Å². The number of fused-ring (bicyclic) bond motifs is 1. The van der Waals surface area contributed by atoms with Crippen LogP contribution in [0.1, 0.15) is 0 Å². The van der Waals surface area contributed by atoms with E-state index in [1.54, 1.807) is 23.9 Å². The van der Waals surface area contributed by atoms with Crippen LogP contribution in [-0.2, 0) is 0 Å². The van der Waals surface area contributed by atoms with Crippen LogP contribution in [0, 0.1) is 0 Å². The van der Waals surface area contributed by atoms with Gasteiger partial charge in [0.05, 0.1) is 7.11 Å². The number of hydrogen-bond donors (Lipinski definition) is 1. The van der Waals surface area contributed by atoms with Crippen LogP contribution < -0.4 is 10.5 Å². The first-order valence-electron chi connectivity index (χ1n) is 5.39. The fourth-order valence-corrected chi connectivity index (χ4v) is 1.77. The molecule has 0 saturated heterocycles. The smallest absolute Gasteiger partial charge is 0.240 e. The average Bonchev–Trinajstić information content (AvgIpc) is 2.79. The second-order valence-corrected chi connectivity index (χ2v) is 3.74. The fraction of sp³-hybridized carbons (Fsp3) is 0.0833. The highest BCUT2D eigenvalue weighted by Gasteiger charge is 2.08. The lowest BCUT2D eigenvalue weighted by Gasteiger charge is -2.04. The summed E-state index contributed by atoms with van der Waals surface area (Å²) in [5.41, 5.74) is 7.19. The molecule has 2 heterocycles. The van der Waals surface area contributed by atoms with Crippen LogP contribution in [-0.4, -0.2) is 26.7 Å². The lowest BCUT2D eigenvalue weighted by atomic mass is 10.2. The molecule has 0 atom stereocenters. The first-order chi connectivity index (χ1) is 8.78. The highest BCUT2D eigenvalue weighted by molar-refractivity contribution is 5.60. The summed E-state index contributed by atoms with van der Waals surface area (Å²) in [5.74, 6) is 1.72. The minimum atomic E-state index is 0.234. The molecular formula is C12H11N5O. The van der Waals surface area contributed by atoms with Gasteiger partial charge < -0.3 is 10.5 Å². The Balaban J connectivity index is 2.17. The normalized spacial score (nSPS) is 10.7. The predicted octanol–water partition coefficient (Wildman–Crippen LogP) is 1.38. The molecule has 3 aromatic rings. The van der Waals surface area contributed by atoms with Gasteiger partial charge in [0, 0.05) is 17.8 Å². The molecule has 6 heteroatoms. The van der Waals surface area contributed by atoms with Crippen molar-refractivity contribution in [1.29, 1.82) is 0 Å². The molecule has 0 radical (unpaired) electrons. The first kappa shape index (κ1) is 10.5. The molecule has 2 N–H and O–H groups in total. The van der Waals surface area contributed by atoms with Crippen LogP contribution in [0.3, 0.4) is 0 Å². The van der Waals surface area contributed by atoms with Crippen LogP contribution in [0.15, 0.2) is 36.5 Å². The molecule has 0 bridgehead atoms. The summed E-state index contributed by atoms with van der Waals surface area (Å²) in [5, 5.41) is 4.12. The highest BCUT2D eigenvalue weighted by Crippen LogP contribution is 2.20. The Morgan fingerprint density at radius 3 is 2.67 bits per heavy atom. The van der Waals surface area contributed by atoms with Crippen molar-refractivity contribution in [3.8, 4) is 17.1 Å². The molecule has 3 rings (SSSR count). The van der Waals surface area contributed by atoms with E-state index in [0.717, 1.165) is 11.3 Å². The minimum Gasteiger partial charge on any atom is -0.497 e. The van der Waals surface area contributed by atoms with E-state index in [1.807, 2.05) is 24.3 Å². The van der Waals surface area contributed by atoms with Gasteiger partial charge in [0.1, 0.15) is 5.75 Å². The van der Waals surface area contributed by atoms with Gasteiger partial charge in [0.25, 0.3) is 0 Å². The number of nitrogens with zero attached hydrogens (tertiary/aromatic N) is 4. The average molecular weight is 241 g/mol. The molecular weight excluding hydrogens is 230 g/mol. The van der Waals surface area contributed by atoms with Crippen molar-refractivity contribution in [2.45, 2.75) is 0 Å². The number of aromatic nitrogens is 4. The molecule has 0 spiro atoms. The van der Waals surface area contributed by atoms with Gasteiger partial charge in [-0.15, -0.1) is 5.10 Å². The van der Waals surface area contributed by atoms with Crippen molar-refractivity contribution >= 4 is 11.6 Å². The summed E-state index contributed by atoms with van der Waals surface area (Å²) in [7, 11) is 1.63. The molecule has 2 aromatic heterocycles. The Kier molecular flexibility index (Phi) is 2.33.